The van der Waals surface area contributed by atoms with E-state index in [4.69, 9.17) is 0 Å². The molecule has 1 atom stereocenters. The van der Waals surface area contributed by atoms with Crippen molar-refractivity contribution in [2.45, 2.75) is 26.3 Å². The maximum absolute atomic E-state index is 12.5. The third-order valence-electron chi connectivity index (χ3n) is 5.23. The number of nitrogens with zero attached hydrogens (tertiary/aromatic N) is 1. The Morgan fingerprint density at radius 3 is 2.35 bits per heavy atom. The highest BCUT2D eigenvalue weighted by Crippen LogP contribution is 2.17. The summed E-state index contributed by atoms with van der Waals surface area (Å²) in [5, 5.41) is 3.22. The summed E-state index contributed by atoms with van der Waals surface area (Å²) in [6.07, 6.45) is 0.909. The number of carbonyl (C=O) groups excluding carboxylic acids is 1. The molecule has 0 aromatic heterocycles. The smallest absolute Gasteiger partial charge is 0.275 e. The highest BCUT2D eigenvalue weighted by atomic mass is 16.2. The fourth-order valence-electron chi connectivity index (χ4n) is 3.59. The van der Waals surface area contributed by atoms with Crippen LogP contribution in [0, 0.1) is 6.92 Å². The highest BCUT2D eigenvalue weighted by molar-refractivity contribution is 5.77. The molecule has 1 amide bonds. The van der Waals surface area contributed by atoms with E-state index in [1.807, 2.05) is 6.07 Å². The number of hydrogen-bond donors (Lipinski definition) is 2. The van der Waals surface area contributed by atoms with E-state index in [9.17, 15) is 4.79 Å². The second-order valence-electron chi connectivity index (χ2n) is 7.19. The van der Waals surface area contributed by atoms with Crippen LogP contribution in [-0.4, -0.2) is 38.6 Å². The van der Waals surface area contributed by atoms with Gasteiger partial charge in [-0.3, -0.25) is 4.79 Å². The van der Waals surface area contributed by atoms with Gasteiger partial charge in [0.1, 0.15) is 0 Å². The molecule has 0 radical (unpaired) electrons. The van der Waals surface area contributed by atoms with Crippen LogP contribution in [-0.2, 0) is 4.79 Å². The second kappa shape index (κ2) is 8.86. The van der Waals surface area contributed by atoms with Crippen molar-refractivity contribution >= 4 is 11.6 Å². The number of nitrogens with one attached hydrogen (secondary N) is 2. The number of aryl methyl sites for hydroxylation is 1. The van der Waals surface area contributed by atoms with E-state index in [2.05, 4.69) is 72.6 Å². The van der Waals surface area contributed by atoms with E-state index >= 15 is 0 Å². The Balaban J connectivity index is 1.48. The summed E-state index contributed by atoms with van der Waals surface area (Å²) in [6.45, 7) is 8.78. The van der Waals surface area contributed by atoms with Gasteiger partial charge in [0.05, 0.1) is 32.2 Å². The van der Waals surface area contributed by atoms with Crippen LogP contribution in [0.5, 0.6) is 0 Å². The van der Waals surface area contributed by atoms with Crippen molar-refractivity contribution in [1.29, 1.82) is 0 Å². The van der Waals surface area contributed by atoms with Crippen molar-refractivity contribution < 1.29 is 9.69 Å². The van der Waals surface area contributed by atoms with Gasteiger partial charge in [-0.15, -0.1) is 0 Å². The van der Waals surface area contributed by atoms with Gasteiger partial charge in [0, 0.05) is 5.69 Å². The van der Waals surface area contributed by atoms with E-state index in [-0.39, 0.29) is 11.9 Å². The minimum atomic E-state index is 0.105. The molecule has 1 aliphatic heterocycles. The zero-order valence-corrected chi connectivity index (χ0v) is 15.9. The van der Waals surface area contributed by atoms with Crippen LogP contribution in [0.15, 0.2) is 54.6 Å². The standard InChI is InChI=1S/C22H29N3O/c1-3-21(19-11-9-18(2)10-12-19)23-22(26)17-24-13-15-25(16-14-24)20-7-5-4-6-8-20/h4-12,21H,3,13-17H2,1-2H3,(H,23,26)/p+1/t21-/m1/s1. The van der Waals surface area contributed by atoms with Gasteiger partial charge in [0.2, 0.25) is 0 Å². The van der Waals surface area contributed by atoms with Crippen LogP contribution < -0.4 is 15.1 Å². The first-order valence-electron chi connectivity index (χ1n) is 9.65. The fourth-order valence-corrected chi connectivity index (χ4v) is 3.59. The largest absolute Gasteiger partial charge is 0.360 e. The molecular weight excluding hydrogens is 322 g/mol. The van der Waals surface area contributed by atoms with E-state index in [1.165, 1.54) is 21.7 Å². The molecule has 4 heteroatoms. The summed E-state index contributed by atoms with van der Waals surface area (Å²) in [7, 11) is 0. The molecule has 0 bridgehead atoms. The predicted octanol–water partition coefficient (Wildman–Crippen LogP) is 1.97. The van der Waals surface area contributed by atoms with Gasteiger partial charge < -0.3 is 15.1 Å². The number of anilines is 1. The molecule has 1 saturated heterocycles. The maximum atomic E-state index is 12.5. The lowest BCUT2D eigenvalue weighted by molar-refractivity contribution is -0.892. The zero-order valence-electron chi connectivity index (χ0n) is 15.9. The molecule has 0 aliphatic carbocycles. The average Bonchev–Trinajstić information content (AvgIpc) is 2.68. The van der Waals surface area contributed by atoms with Crippen molar-refractivity contribution in [3.05, 3.63) is 65.7 Å². The van der Waals surface area contributed by atoms with Crippen LogP contribution in [0.2, 0.25) is 0 Å². The number of quaternary nitrogens is 1. The van der Waals surface area contributed by atoms with Gasteiger partial charge in [0.15, 0.2) is 6.54 Å². The monoisotopic (exact) mass is 352 g/mol. The number of benzene rings is 2. The van der Waals surface area contributed by atoms with Gasteiger partial charge in [-0.2, -0.15) is 0 Å². The van der Waals surface area contributed by atoms with Crippen molar-refractivity contribution in [3.63, 3.8) is 0 Å². The normalized spacial score (nSPS) is 16.3. The first-order chi connectivity index (χ1) is 12.7. The molecule has 3 rings (SSSR count). The Hall–Kier alpha value is -2.33. The third kappa shape index (κ3) is 4.85. The quantitative estimate of drug-likeness (QED) is 0.834. The molecule has 0 unspecified atom stereocenters. The number of amides is 1. The summed E-state index contributed by atoms with van der Waals surface area (Å²) in [5.41, 5.74) is 3.72. The molecule has 4 nitrogen and oxygen atoms in total. The Morgan fingerprint density at radius 2 is 1.73 bits per heavy atom. The van der Waals surface area contributed by atoms with Crippen molar-refractivity contribution in [2.75, 3.05) is 37.6 Å². The number of piperazine rings is 1. The molecule has 2 aromatic carbocycles. The molecule has 1 heterocycles. The summed E-state index contributed by atoms with van der Waals surface area (Å²) in [5.74, 6) is 0.153. The molecule has 1 fully saturated rings. The first kappa shape index (κ1) is 18.5. The fraction of sp³-hybridized carbons (Fsp3) is 0.409. The Morgan fingerprint density at radius 1 is 1.08 bits per heavy atom. The number of para-hydroxylation sites is 1. The molecular formula is C22H30N3O+. The van der Waals surface area contributed by atoms with E-state index in [0.717, 1.165) is 32.6 Å². The van der Waals surface area contributed by atoms with Crippen molar-refractivity contribution in [1.82, 2.24) is 5.32 Å². The maximum Gasteiger partial charge on any atom is 0.275 e. The number of hydrogen-bond acceptors (Lipinski definition) is 2. The van der Waals surface area contributed by atoms with Gasteiger partial charge in [0.25, 0.3) is 5.91 Å². The van der Waals surface area contributed by atoms with Gasteiger partial charge in [-0.25, -0.2) is 0 Å². The molecule has 2 aromatic rings. The molecule has 26 heavy (non-hydrogen) atoms. The first-order valence-corrected chi connectivity index (χ1v) is 9.65. The SMILES string of the molecule is CC[C@@H](NC(=O)C[NH+]1CCN(c2ccccc2)CC1)c1ccc(C)cc1. The topological polar surface area (TPSA) is 36.8 Å². The van der Waals surface area contributed by atoms with E-state index < -0.39 is 0 Å². The van der Waals surface area contributed by atoms with E-state index in [0.29, 0.717) is 6.54 Å². The lowest BCUT2D eigenvalue weighted by Gasteiger charge is -2.33. The van der Waals surface area contributed by atoms with Gasteiger partial charge in [-0.05, 0) is 31.0 Å². The molecule has 0 saturated carbocycles. The minimum Gasteiger partial charge on any atom is -0.360 e. The van der Waals surface area contributed by atoms with Crippen LogP contribution in [0.3, 0.4) is 0 Å². The van der Waals surface area contributed by atoms with Crippen LogP contribution in [0.4, 0.5) is 5.69 Å². The Bertz CT molecular complexity index is 691. The Kier molecular flexibility index (Phi) is 6.29. The van der Waals surface area contributed by atoms with E-state index in [1.54, 1.807) is 0 Å². The molecule has 2 N–H and O–H groups in total. The van der Waals surface area contributed by atoms with Crippen LogP contribution in [0.25, 0.3) is 0 Å². The van der Waals surface area contributed by atoms with Crippen LogP contribution >= 0.6 is 0 Å². The highest BCUT2D eigenvalue weighted by Gasteiger charge is 2.23. The molecule has 138 valence electrons. The van der Waals surface area contributed by atoms with Crippen LogP contribution in [0.1, 0.15) is 30.5 Å². The van der Waals surface area contributed by atoms with Crippen molar-refractivity contribution in [2.24, 2.45) is 0 Å². The summed E-state index contributed by atoms with van der Waals surface area (Å²) in [6, 6.07) is 19.1. The lowest BCUT2D eigenvalue weighted by Crippen LogP contribution is -3.16. The second-order valence-corrected chi connectivity index (χ2v) is 7.19. The predicted molar refractivity (Wildman–Crippen MR) is 107 cm³/mol. The summed E-state index contributed by atoms with van der Waals surface area (Å²) in [4.78, 5) is 16.3. The number of carbonyl (C=O) groups is 1. The molecule has 1 aliphatic rings. The van der Waals surface area contributed by atoms with Gasteiger partial charge in [-0.1, -0.05) is 55.0 Å². The minimum absolute atomic E-state index is 0.105. The Labute approximate surface area is 156 Å². The number of rotatable bonds is 6. The zero-order chi connectivity index (χ0) is 18.4. The van der Waals surface area contributed by atoms with Crippen molar-refractivity contribution in [3.8, 4) is 0 Å². The summed E-state index contributed by atoms with van der Waals surface area (Å²) >= 11 is 0. The summed E-state index contributed by atoms with van der Waals surface area (Å²) < 4.78 is 0. The lowest BCUT2D eigenvalue weighted by atomic mass is 10.0. The molecule has 0 spiro atoms. The third-order valence-corrected chi connectivity index (χ3v) is 5.23. The van der Waals surface area contributed by atoms with Gasteiger partial charge >= 0.3 is 0 Å². The average molecular weight is 353 g/mol.